The zero-order valence-electron chi connectivity index (χ0n) is 11.4. The number of aromatic nitrogens is 3. The van der Waals surface area contributed by atoms with Crippen molar-refractivity contribution in [2.45, 2.75) is 39.3 Å². The summed E-state index contributed by atoms with van der Waals surface area (Å²) in [6, 6.07) is 4.90. The molecule has 0 amide bonds. The van der Waals surface area contributed by atoms with Crippen LogP contribution < -0.4 is 5.32 Å². The molecule has 2 heterocycles. The number of halogens is 1. The van der Waals surface area contributed by atoms with E-state index in [1.807, 2.05) is 4.68 Å². The molecule has 0 aliphatic carbocycles. The number of hydrogen-bond acceptors (Lipinski definition) is 4. The summed E-state index contributed by atoms with van der Waals surface area (Å²) in [6.45, 7) is 7.32. The van der Waals surface area contributed by atoms with Crippen LogP contribution in [0.2, 0.25) is 0 Å². The highest BCUT2D eigenvalue weighted by Crippen LogP contribution is 2.29. The highest BCUT2D eigenvalue weighted by atomic mass is 79.9. The van der Waals surface area contributed by atoms with Crippen LogP contribution in [0.5, 0.6) is 0 Å². The van der Waals surface area contributed by atoms with Crippen molar-refractivity contribution in [2.75, 3.05) is 6.54 Å². The molecule has 0 aliphatic rings. The Labute approximate surface area is 126 Å². The van der Waals surface area contributed by atoms with Gasteiger partial charge < -0.3 is 5.32 Å². The molecule has 4 nitrogen and oxygen atoms in total. The van der Waals surface area contributed by atoms with Gasteiger partial charge in [0.25, 0.3) is 0 Å². The minimum Gasteiger partial charge on any atom is -0.309 e. The fourth-order valence-electron chi connectivity index (χ4n) is 2.07. The molecule has 0 spiro atoms. The van der Waals surface area contributed by atoms with Crippen molar-refractivity contribution in [1.29, 1.82) is 0 Å². The van der Waals surface area contributed by atoms with Crippen LogP contribution in [0.15, 0.2) is 22.2 Å². The van der Waals surface area contributed by atoms with Crippen LogP contribution in [0.3, 0.4) is 0 Å². The number of likely N-dealkylation sites (N-methyl/N-ethyl adjacent to an activating group) is 1. The normalized spacial score (nSPS) is 13.1. The molecule has 1 atom stereocenters. The summed E-state index contributed by atoms with van der Waals surface area (Å²) in [6.07, 6.45) is 2.50. The fourth-order valence-corrected chi connectivity index (χ4v) is 3.57. The third kappa shape index (κ3) is 3.64. The lowest BCUT2D eigenvalue weighted by Gasteiger charge is -2.17. The molecular formula is C13H19BrN4S. The maximum absolute atomic E-state index is 4.40. The second-order valence-corrected chi connectivity index (χ2v) is 7.17. The highest BCUT2D eigenvalue weighted by Gasteiger charge is 2.17. The summed E-state index contributed by atoms with van der Waals surface area (Å²) in [7, 11) is 0. The van der Waals surface area contributed by atoms with Gasteiger partial charge in [-0.3, -0.25) is 0 Å². The summed E-state index contributed by atoms with van der Waals surface area (Å²) < 4.78 is 3.16. The van der Waals surface area contributed by atoms with Gasteiger partial charge in [-0.05, 0) is 48.5 Å². The maximum atomic E-state index is 4.40. The van der Waals surface area contributed by atoms with E-state index >= 15 is 0 Å². The van der Waals surface area contributed by atoms with Gasteiger partial charge >= 0.3 is 0 Å². The van der Waals surface area contributed by atoms with Gasteiger partial charge in [-0.15, -0.1) is 11.3 Å². The molecule has 19 heavy (non-hydrogen) atoms. The predicted octanol–water partition coefficient (Wildman–Crippen LogP) is 3.58. The molecule has 2 rings (SSSR count). The Kier molecular flexibility index (Phi) is 5.13. The summed E-state index contributed by atoms with van der Waals surface area (Å²) in [5.74, 6) is 1.03. The molecule has 2 aromatic rings. The first kappa shape index (κ1) is 14.7. The van der Waals surface area contributed by atoms with Gasteiger partial charge in [-0.2, -0.15) is 5.10 Å². The van der Waals surface area contributed by atoms with Crippen molar-refractivity contribution in [2.24, 2.45) is 0 Å². The van der Waals surface area contributed by atoms with Gasteiger partial charge in [-0.25, -0.2) is 9.67 Å². The topological polar surface area (TPSA) is 42.7 Å². The third-order valence-electron chi connectivity index (χ3n) is 2.91. The predicted molar refractivity (Wildman–Crippen MR) is 82.5 cm³/mol. The molecule has 0 saturated heterocycles. The molecule has 1 N–H and O–H groups in total. The van der Waals surface area contributed by atoms with E-state index in [1.165, 1.54) is 4.88 Å². The Hall–Kier alpha value is -0.720. The molecule has 0 radical (unpaired) electrons. The molecule has 0 aliphatic heterocycles. The van der Waals surface area contributed by atoms with Gasteiger partial charge in [0.05, 0.1) is 3.79 Å². The summed E-state index contributed by atoms with van der Waals surface area (Å²) >= 11 is 5.29. The van der Waals surface area contributed by atoms with Crippen molar-refractivity contribution in [3.8, 4) is 0 Å². The Balaban J connectivity index is 2.19. The summed E-state index contributed by atoms with van der Waals surface area (Å²) in [5.41, 5.74) is 0. The Bertz CT molecular complexity index is 520. The van der Waals surface area contributed by atoms with Gasteiger partial charge in [0.15, 0.2) is 0 Å². The van der Waals surface area contributed by atoms with Crippen LogP contribution in [-0.4, -0.2) is 21.3 Å². The second kappa shape index (κ2) is 6.63. The second-order valence-electron chi connectivity index (χ2n) is 4.67. The zero-order valence-corrected chi connectivity index (χ0v) is 13.8. The van der Waals surface area contributed by atoms with Gasteiger partial charge in [-0.1, -0.05) is 6.92 Å². The molecule has 0 aromatic carbocycles. The van der Waals surface area contributed by atoms with Crippen molar-refractivity contribution < 1.29 is 0 Å². The molecular weight excluding hydrogens is 324 g/mol. The van der Waals surface area contributed by atoms with E-state index in [-0.39, 0.29) is 0 Å². The van der Waals surface area contributed by atoms with Gasteiger partial charge in [0.2, 0.25) is 0 Å². The van der Waals surface area contributed by atoms with Crippen LogP contribution in [-0.2, 0) is 6.42 Å². The van der Waals surface area contributed by atoms with Crippen molar-refractivity contribution in [3.63, 3.8) is 0 Å². The molecule has 0 bridgehead atoms. The lowest BCUT2D eigenvalue weighted by Crippen LogP contribution is -2.24. The summed E-state index contributed by atoms with van der Waals surface area (Å²) in [4.78, 5) is 5.72. The minimum absolute atomic E-state index is 0.294. The Morgan fingerprint density at radius 1 is 1.42 bits per heavy atom. The van der Waals surface area contributed by atoms with E-state index in [9.17, 15) is 0 Å². The van der Waals surface area contributed by atoms with E-state index in [0.29, 0.717) is 12.1 Å². The molecule has 2 aromatic heterocycles. The third-order valence-corrected chi connectivity index (χ3v) is 4.65. The van der Waals surface area contributed by atoms with E-state index in [4.69, 9.17) is 0 Å². The van der Waals surface area contributed by atoms with Crippen molar-refractivity contribution >= 4 is 27.3 Å². The maximum Gasteiger partial charge on any atom is 0.138 e. The van der Waals surface area contributed by atoms with E-state index in [2.05, 4.69) is 64.2 Å². The molecule has 1 unspecified atom stereocenters. The van der Waals surface area contributed by atoms with Crippen LogP contribution in [0.1, 0.15) is 43.6 Å². The first-order valence-electron chi connectivity index (χ1n) is 6.48. The summed E-state index contributed by atoms with van der Waals surface area (Å²) in [5, 5.41) is 7.82. The number of nitrogens with one attached hydrogen (secondary N) is 1. The smallest absolute Gasteiger partial charge is 0.138 e. The van der Waals surface area contributed by atoms with Crippen molar-refractivity contribution in [3.05, 3.63) is 32.9 Å². The SMILES string of the molecule is CCNC(Cc1ncnn1C(C)C)c1ccc(Br)s1. The molecule has 0 fully saturated rings. The standard InChI is InChI=1S/C13H19BrN4S/c1-4-15-10(11-5-6-12(14)19-11)7-13-16-8-17-18(13)9(2)3/h5-6,8-10,15H,4,7H2,1-3H3. The van der Waals surface area contributed by atoms with E-state index < -0.39 is 0 Å². The monoisotopic (exact) mass is 342 g/mol. The Morgan fingerprint density at radius 3 is 2.79 bits per heavy atom. The Morgan fingerprint density at radius 2 is 2.21 bits per heavy atom. The van der Waals surface area contributed by atoms with Crippen LogP contribution in [0.25, 0.3) is 0 Å². The molecule has 6 heteroatoms. The van der Waals surface area contributed by atoms with Crippen LogP contribution in [0, 0.1) is 0 Å². The number of nitrogens with zero attached hydrogens (tertiary/aromatic N) is 3. The number of thiophene rings is 1. The number of rotatable bonds is 6. The van der Waals surface area contributed by atoms with Gasteiger partial charge in [0.1, 0.15) is 12.2 Å². The largest absolute Gasteiger partial charge is 0.309 e. The lowest BCUT2D eigenvalue weighted by molar-refractivity contribution is 0.471. The lowest BCUT2D eigenvalue weighted by atomic mass is 10.1. The highest BCUT2D eigenvalue weighted by molar-refractivity contribution is 9.11. The van der Waals surface area contributed by atoms with E-state index in [1.54, 1.807) is 17.7 Å². The van der Waals surface area contributed by atoms with Crippen molar-refractivity contribution in [1.82, 2.24) is 20.1 Å². The van der Waals surface area contributed by atoms with Gasteiger partial charge in [0, 0.05) is 23.4 Å². The zero-order chi connectivity index (χ0) is 13.8. The molecule has 0 saturated carbocycles. The fraction of sp³-hybridized carbons (Fsp3) is 0.538. The van der Waals surface area contributed by atoms with Crippen LogP contribution >= 0.6 is 27.3 Å². The quantitative estimate of drug-likeness (QED) is 0.872. The average molecular weight is 343 g/mol. The molecule has 104 valence electrons. The first-order valence-corrected chi connectivity index (χ1v) is 8.09. The minimum atomic E-state index is 0.294. The number of hydrogen-bond donors (Lipinski definition) is 1. The van der Waals surface area contributed by atoms with Crippen LogP contribution in [0.4, 0.5) is 0 Å². The average Bonchev–Trinajstić information content (AvgIpc) is 2.97. The first-order chi connectivity index (χ1) is 9.11. The van der Waals surface area contributed by atoms with E-state index in [0.717, 1.165) is 22.6 Å².